The number of urea groups is 1. The van der Waals surface area contributed by atoms with Gasteiger partial charge in [-0.1, -0.05) is 12.1 Å². The Hall–Kier alpha value is -4.83. The third-order valence-corrected chi connectivity index (χ3v) is 8.47. The van der Waals surface area contributed by atoms with Crippen LogP contribution in [0.2, 0.25) is 0 Å². The fourth-order valence-corrected chi connectivity index (χ4v) is 5.62. The van der Waals surface area contributed by atoms with Crippen molar-refractivity contribution in [2.75, 3.05) is 53.7 Å². The van der Waals surface area contributed by atoms with E-state index < -0.39 is 44.8 Å². The maximum absolute atomic E-state index is 15.2. The standard InChI is InChI=1S/C31H31F5N8O2S/c1-47(37,46)22-6-4-5-21(17-22)40-29-39-18-23(28(43-29)38-11-14-44-12-2-3-13-44)19-7-10-26(25(33)15-19)41-30(45)42-27-16-20(31(34,35)36)8-9-24(27)32/h4-10,15-18,37H,2-3,11-14H2,1H3,(H2,41,42,45)(H2,38,39,40,43). The summed E-state index contributed by atoms with van der Waals surface area (Å²) in [4.78, 5) is 24.0. The molecular weight excluding hydrogens is 643 g/mol. The number of carbonyl (C=O) groups excluding carboxylic acids is 1. The van der Waals surface area contributed by atoms with Crippen LogP contribution in [0.4, 0.5) is 55.6 Å². The molecule has 1 aromatic heterocycles. The largest absolute Gasteiger partial charge is 0.416 e. The lowest BCUT2D eigenvalue weighted by Crippen LogP contribution is -2.26. The second kappa shape index (κ2) is 13.9. The van der Waals surface area contributed by atoms with Crippen LogP contribution >= 0.6 is 0 Å². The number of alkyl halides is 3. The van der Waals surface area contributed by atoms with Crippen molar-refractivity contribution in [2.45, 2.75) is 23.9 Å². The van der Waals surface area contributed by atoms with Crippen LogP contribution in [0.25, 0.3) is 11.1 Å². The average molecular weight is 675 g/mol. The Balaban J connectivity index is 1.36. The van der Waals surface area contributed by atoms with E-state index >= 15 is 4.39 Å². The topological polar surface area (TPSA) is 135 Å². The molecule has 10 nitrogen and oxygen atoms in total. The van der Waals surface area contributed by atoms with E-state index in [1.165, 1.54) is 24.6 Å². The van der Waals surface area contributed by atoms with Gasteiger partial charge in [-0.25, -0.2) is 27.5 Å². The Bertz CT molecular complexity index is 1880. The third-order valence-electron chi connectivity index (χ3n) is 7.32. The van der Waals surface area contributed by atoms with Crippen molar-refractivity contribution < 1.29 is 31.0 Å². The van der Waals surface area contributed by atoms with E-state index in [0.717, 1.165) is 38.5 Å². The van der Waals surface area contributed by atoms with Gasteiger partial charge in [0.2, 0.25) is 5.95 Å². The molecule has 4 aromatic rings. The summed E-state index contributed by atoms with van der Waals surface area (Å²) in [5, 5.41) is 10.5. The van der Waals surface area contributed by atoms with Gasteiger partial charge in [0.05, 0.1) is 26.7 Å². The molecule has 1 aliphatic rings. The second-order valence-electron chi connectivity index (χ2n) is 10.9. The van der Waals surface area contributed by atoms with E-state index in [1.807, 2.05) is 5.32 Å². The number of amides is 2. The summed E-state index contributed by atoms with van der Waals surface area (Å²) in [6, 6.07) is 10.8. The monoisotopic (exact) mass is 674 g/mol. The molecule has 1 atom stereocenters. The molecule has 47 heavy (non-hydrogen) atoms. The summed E-state index contributed by atoms with van der Waals surface area (Å²) in [6.07, 6.45) is 0.302. The Morgan fingerprint density at radius 3 is 2.43 bits per heavy atom. The normalized spacial score (nSPS) is 14.8. The zero-order chi connectivity index (χ0) is 33.8. The van der Waals surface area contributed by atoms with Gasteiger partial charge in [0, 0.05) is 41.7 Å². The van der Waals surface area contributed by atoms with E-state index in [2.05, 4.69) is 30.8 Å². The minimum atomic E-state index is -4.75. The van der Waals surface area contributed by atoms with E-state index in [9.17, 15) is 26.6 Å². The third kappa shape index (κ3) is 8.71. The van der Waals surface area contributed by atoms with E-state index in [0.29, 0.717) is 52.3 Å². The smallest absolute Gasteiger partial charge is 0.368 e. The first-order valence-corrected chi connectivity index (χ1v) is 16.4. The number of carbonyl (C=O) groups is 1. The number of anilines is 5. The Labute approximate surface area is 267 Å². The van der Waals surface area contributed by atoms with Gasteiger partial charge in [0.15, 0.2) is 0 Å². The molecule has 0 spiro atoms. The molecule has 1 unspecified atom stereocenters. The number of halogens is 5. The van der Waals surface area contributed by atoms with Gasteiger partial charge in [-0.05, 0) is 80.0 Å². The number of hydrogen-bond acceptors (Lipinski definition) is 8. The number of likely N-dealkylation sites (tertiary alicyclic amines) is 1. The summed E-state index contributed by atoms with van der Waals surface area (Å²) in [7, 11) is -2.95. The fourth-order valence-electron chi connectivity index (χ4n) is 4.93. The molecule has 1 fully saturated rings. The van der Waals surface area contributed by atoms with Crippen LogP contribution < -0.4 is 21.3 Å². The molecular formula is C31H31F5N8O2S. The Kier molecular flexibility index (Phi) is 9.91. The highest BCUT2D eigenvalue weighted by Crippen LogP contribution is 2.33. The SMILES string of the molecule is CS(=N)(=O)c1cccc(Nc2ncc(-c3ccc(NC(=O)Nc4cc(C(F)(F)F)ccc4F)c(F)c3)c(NCCN3CCCC3)n2)c1. The zero-order valence-electron chi connectivity index (χ0n) is 25.0. The quantitative estimate of drug-likeness (QED) is 0.111. The fraction of sp³-hybridized carbons (Fsp3) is 0.258. The molecule has 2 amide bonds. The lowest BCUT2D eigenvalue weighted by atomic mass is 10.1. The van der Waals surface area contributed by atoms with E-state index in [4.69, 9.17) is 4.78 Å². The summed E-state index contributed by atoms with van der Waals surface area (Å²) in [6.45, 7) is 3.27. The van der Waals surface area contributed by atoms with Crippen LogP contribution in [0.5, 0.6) is 0 Å². The van der Waals surface area contributed by atoms with Crippen LogP contribution in [0.15, 0.2) is 71.8 Å². The van der Waals surface area contributed by atoms with Crippen molar-refractivity contribution in [1.82, 2.24) is 14.9 Å². The van der Waals surface area contributed by atoms with Gasteiger partial charge in [-0.2, -0.15) is 18.2 Å². The van der Waals surface area contributed by atoms with Crippen LogP contribution in [0, 0.1) is 16.4 Å². The van der Waals surface area contributed by atoms with Crippen molar-refractivity contribution in [1.29, 1.82) is 4.78 Å². The minimum absolute atomic E-state index is 0.194. The molecule has 5 N–H and O–H groups in total. The Morgan fingerprint density at radius 1 is 0.979 bits per heavy atom. The van der Waals surface area contributed by atoms with Crippen molar-refractivity contribution in [3.05, 3.63) is 84.1 Å². The highest BCUT2D eigenvalue weighted by molar-refractivity contribution is 7.91. The molecule has 0 aliphatic carbocycles. The highest BCUT2D eigenvalue weighted by atomic mass is 32.2. The zero-order valence-corrected chi connectivity index (χ0v) is 25.9. The van der Waals surface area contributed by atoms with Gasteiger partial charge in [0.25, 0.3) is 0 Å². The van der Waals surface area contributed by atoms with Crippen LogP contribution in [0.3, 0.4) is 0 Å². The van der Waals surface area contributed by atoms with E-state index in [-0.39, 0.29) is 11.6 Å². The minimum Gasteiger partial charge on any atom is -0.368 e. The van der Waals surface area contributed by atoms with Gasteiger partial charge < -0.3 is 26.2 Å². The Morgan fingerprint density at radius 2 is 1.72 bits per heavy atom. The van der Waals surface area contributed by atoms with Crippen LogP contribution in [0.1, 0.15) is 18.4 Å². The molecule has 1 aliphatic heterocycles. The first kappa shape index (κ1) is 33.5. The number of benzene rings is 3. The van der Waals surface area contributed by atoms with Crippen molar-refractivity contribution in [3.63, 3.8) is 0 Å². The predicted octanol–water partition coefficient (Wildman–Crippen LogP) is 7.37. The van der Waals surface area contributed by atoms with Gasteiger partial charge in [-0.3, -0.25) is 0 Å². The lowest BCUT2D eigenvalue weighted by Gasteiger charge is -2.17. The second-order valence-corrected chi connectivity index (χ2v) is 13.1. The molecule has 0 radical (unpaired) electrons. The maximum Gasteiger partial charge on any atom is 0.416 e. The number of hydrogen-bond donors (Lipinski definition) is 5. The molecule has 248 valence electrons. The molecule has 1 saturated heterocycles. The van der Waals surface area contributed by atoms with Gasteiger partial charge >= 0.3 is 12.2 Å². The first-order chi connectivity index (χ1) is 22.3. The highest BCUT2D eigenvalue weighted by Gasteiger charge is 2.31. The van der Waals surface area contributed by atoms with E-state index in [1.54, 1.807) is 24.3 Å². The summed E-state index contributed by atoms with van der Waals surface area (Å²) in [5.74, 6) is -1.39. The molecule has 2 heterocycles. The van der Waals surface area contributed by atoms with Crippen LogP contribution in [-0.2, 0) is 15.9 Å². The maximum atomic E-state index is 15.2. The van der Waals surface area contributed by atoms with Gasteiger partial charge in [0.1, 0.15) is 17.5 Å². The molecule has 16 heteroatoms. The molecule has 3 aromatic carbocycles. The first-order valence-electron chi connectivity index (χ1n) is 14.4. The summed E-state index contributed by atoms with van der Waals surface area (Å²) >= 11 is 0. The van der Waals surface area contributed by atoms with Crippen molar-refractivity contribution >= 4 is 44.6 Å². The number of nitrogens with zero attached hydrogens (tertiary/aromatic N) is 3. The lowest BCUT2D eigenvalue weighted by molar-refractivity contribution is -0.137. The van der Waals surface area contributed by atoms with Crippen molar-refractivity contribution in [2.24, 2.45) is 0 Å². The summed E-state index contributed by atoms with van der Waals surface area (Å²) in [5.41, 5.74) is -0.873. The molecule has 0 saturated carbocycles. The predicted molar refractivity (Wildman–Crippen MR) is 170 cm³/mol. The summed E-state index contributed by atoms with van der Waals surface area (Å²) < 4.78 is 88.4. The number of rotatable bonds is 10. The average Bonchev–Trinajstić information content (AvgIpc) is 3.52. The molecule has 5 rings (SSSR count). The van der Waals surface area contributed by atoms with Crippen LogP contribution in [-0.4, -0.2) is 57.5 Å². The van der Waals surface area contributed by atoms with Gasteiger partial charge in [-0.15, -0.1) is 0 Å². The number of nitrogens with one attached hydrogen (secondary N) is 5. The molecule has 0 bridgehead atoms. The van der Waals surface area contributed by atoms with Crippen molar-refractivity contribution in [3.8, 4) is 11.1 Å². The number of aromatic nitrogens is 2.